The normalized spacial score (nSPS) is 15.5. The molecular weight excluding hydrogens is 412 g/mol. The van der Waals surface area contributed by atoms with E-state index in [0.717, 1.165) is 5.56 Å². The van der Waals surface area contributed by atoms with Gasteiger partial charge in [0.15, 0.2) is 0 Å². The molecule has 1 fully saturated rings. The molecule has 0 unspecified atom stereocenters. The van der Waals surface area contributed by atoms with E-state index in [2.05, 4.69) is 5.32 Å². The second kappa shape index (κ2) is 10.7. The molecule has 2 rings (SSSR count). The maximum Gasteiger partial charge on any atom is 0.411 e. The largest absolute Gasteiger partial charge is 0.467 e. The van der Waals surface area contributed by atoms with Gasteiger partial charge in [-0.15, -0.1) is 0 Å². The molecule has 2 amide bonds. The number of esters is 1. The summed E-state index contributed by atoms with van der Waals surface area (Å²) in [7, 11) is 1.30. The van der Waals surface area contributed by atoms with Crippen molar-refractivity contribution in [3.63, 3.8) is 0 Å². The highest BCUT2D eigenvalue weighted by Crippen LogP contribution is 2.37. The molecule has 1 aliphatic carbocycles. The SMILES string of the molecule is COC(=O)[C@@H](CC(C)C)N(CC1(NC(=O)OCc2ccccc2)CC1)C(=O)OC(C)(C)C. The maximum absolute atomic E-state index is 13.1. The van der Waals surface area contributed by atoms with Crippen LogP contribution in [0.1, 0.15) is 59.4 Å². The van der Waals surface area contributed by atoms with E-state index in [1.54, 1.807) is 20.8 Å². The predicted molar refractivity (Wildman–Crippen MR) is 120 cm³/mol. The summed E-state index contributed by atoms with van der Waals surface area (Å²) in [5, 5.41) is 2.89. The molecule has 1 N–H and O–H groups in total. The standard InChI is InChI=1S/C24H36N2O6/c1-17(2)14-19(20(27)30-6)26(22(29)32-23(3,4)5)16-24(12-13-24)25-21(28)31-15-18-10-8-7-9-11-18/h7-11,17,19H,12-16H2,1-6H3,(H,25,28)/t19-/m1/s1. The van der Waals surface area contributed by atoms with Crippen LogP contribution in [-0.2, 0) is 25.6 Å². The minimum atomic E-state index is -0.811. The zero-order valence-electron chi connectivity index (χ0n) is 20.0. The Hall–Kier alpha value is -2.77. The van der Waals surface area contributed by atoms with Crippen molar-refractivity contribution in [2.45, 2.75) is 77.7 Å². The van der Waals surface area contributed by atoms with E-state index < -0.39 is 35.3 Å². The number of hydrogen-bond acceptors (Lipinski definition) is 6. The number of nitrogens with zero attached hydrogens (tertiary/aromatic N) is 1. The second-order valence-electron chi connectivity index (χ2n) is 9.74. The lowest BCUT2D eigenvalue weighted by molar-refractivity contribution is -0.147. The van der Waals surface area contributed by atoms with Gasteiger partial charge < -0.3 is 19.5 Å². The number of benzene rings is 1. The summed E-state index contributed by atoms with van der Waals surface area (Å²) in [6.07, 6.45) is 0.582. The molecule has 0 saturated heterocycles. The number of ether oxygens (including phenoxy) is 3. The van der Waals surface area contributed by atoms with Gasteiger partial charge in [-0.25, -0.2) is 14.4 Å². The van der Waals surface area contributed by atoms with Crippen molar-refractivity contribution < 1.29 is 28.6 Å². The van der Waals surface area contributed by atoms with Crippen LogP contribution in [0.15, 0.2) is 30.3 Å². The van der Waals surface area contributed by atoms with Crippen LogP contribution in [0.25, 0.3) is 0 Å². The van der Waals surface area contributed by atoms with Gasteiger partial charge in [-0.05, 0) is 51.5 Å². The summed E-state index contributed by atoms with van der Waals surface area (Å²) in [5.41, 5.74) is -0.508. The lowest BCUT2D eigenvalue weighted by atomic mass is 10.0. The average Bonchev–Trinajstić information content (AvgIpc) is 3.46. The van der Waals surface area contributed by atoms with E-state index >= 15 is 0 Å². The first-order valence-electron chi connectivity index (χ1n) is 11.0. The summed E-state index contributed by atoms with van der Waals surface area (Å²) < 4.78 is 15.9. The maximum atomic E-state index is 13.1. The van der Waals surface area contributed by atoms with Gasteiger partial charge in [0.2, 0.25) is 0 Å². The van der Waals surface area contributed by atoms with E-state index in [1.807, 2.05) is 44.2 Å². The van der Waals surface area contributed by atoms with Crippen molar-refractivity contribution in [1.29, 1.82) is 0 Å². The van der Waals surface area contributed by atoms with Crippen LogP contribution in [0.5, 0.6) is 0 Å². The Labute approximate surface area is 190 Å². The van der Waals surface area contributed by atoms with Crippen LogP contribution in [0.4, 0.5) is 9.59 Å². The van der Waals surface area contributed by atoms with Crippen molar-refractivity contribution in [2.24, 2.45) is 5.92 Å². The van der Waals surface area contributed by atoms with Gasteiger partial charge in [-0.3, -0.25) is 4.90 Å². The zero-order valence-corrected chi connectivity index (χ0v) is 20.0. The first-order valence-corrected chi connectivity index (χ1v) is 11.0. The Morgan fingerprint density at radius 3 is 2.25 bits per heavy atom. The molecule has 1 aromatic rings. The Bertz CT molecular complexity index is 783. The monoisotopic (exact) mass is 448 g/mol. The number of methoxy groups -OCH3 is 1. The number of hydrogen-bond donors (Lipinski definition) is 1. The molecule has 178 valence electrons. The summed E-state index contributed by atoms with van der Waals surface area (Å²) in [6.45, 7) is 9.52. The average molecular weight is 449 g/mol. The number of nitrogens with one attached hydrogen (secondary N) is 1. The quantitative estimate of drug-likeness (QED) is 0.448. The van der Waals surface area contributed by atoms with E-state index in [1.165, 1.54) is 12.0 Å². The van der Waals surface area contributed by atoms with Gasteiger partial charge in [0.25, 0.3) is 0 Å². The Kier molecular flexibility index (Phi) is 8.52. The number of carbonyl (C=O) groups excluding carboxylic acids is 3. The van der Waals surface area contributed by atoms with Gasteiger partial charge in [0, 0.05) is 6.54 Å². The highest BCUT2D eigenvalue weighted by atomic mass is 16.6. The van der Waals surface area contributed by atoms with Crippen LogP contribution >= 0.6 is 0 Å². The lowest BCUT2D eigenvalue weighted by Crippen LogP contribution is -2.55. The third kappa shape index (κ3) is 8.05. The Morgan fingerprint density at radius 2 is 1.75 bits per heavy atom. The van der Waals surface area contributed by atoms with E-state index in [4.69, 9.17) is 14.2 Å². The molecule has 0 spiro atoms. The topological polar surface area (TPSA) is 94.2 Å². The molecule has 0 radical (unpaired) electrons. The first-order chi connectivity index (χ1) is 14.9. The van der Waals surface area contributed by atoms with Crippen LogP contribution in [0.2, 0.25) is 0 Å². The Balaban J connectivity index is 2.13. The minimum Gasteiger partial charge on any atom is -0.467 e. The van der Waals surface area contributed by atoms with Crippen molar-refractivity contribution >= 4 is 18.2 Å². The molecule has 1 atom stereocenters. The lowest BCUT2D eigenvalue weighted by Gasteiger charge is -2.35. The van der Waals surface area contributed by atoms with E-state index in [9.17, 15) is 14.4 Å². The van der Waals surface area contributed by atoms with Gasteiger partial charge >= 0.3 is 18.2 Å². The zero-order chi connectivity index (χ0) is 23.9. The fourth-order valence-corrected chi connectivity index (χ4v) is 3.33. The van der Waals surface area contributed by atoms with Crippen LogP contribution in [-0.4, -0.2) is 53.9 Å². The number of alkyl carbamates (subject to hydrolysis) is 1. The van der Waals surface area contributed by atoms with Crippen molar-refractivity contribution in [3.05, 3.63) is 35.9 Å². The summed E-state index contributed by atoms with van der Waals surface area (Å²) in [6, 6.07) is 8.57. The first kappa shape index (κ1) is 25.5. The molecule has 1 aromatic carbocycles. The fourth-order valence-electron chi connectivity index (χ4n) is 3.33. The molecule has 1 saturated carbocycles. The number of carbonyl (C=O) groups is 3. The minimum absolute atomic E-state index is 0.134. The summed E-state index contributed by atoms with van der Waals surface area (Å²) in [5.74, 6) is -0.366. The fraction of sp³-hybridized carbons (Fsp3) is 0.625. The van der Waals surface area contributed by atoms with Crippen molar-refractivity contribution in [2.75, 3.05) is 13.7 Å². The molecule has 1 aliphatic rings. The molecular formula is C24H36N2O6. The third-order valence-electron chi connectivity index (χ3n) is 5.08. The van der Waals surface area contributed by atoms with Crippen LogP contribution in [0.3, 0.4) is 0 Å². The highest BCUT2D eigenvalue weighted by molar-refractivity contribution is 5.81. The number of rotatable bonds is 9. The highest BCUT2D eigenvalue weighted by Gasteiger charge is 2.49. The second-order valence-corrected chi connectivity index (χ2v) is 9.74. The third-order valence-corrected chi connectivity index (χ3v) is 5.08. The molecule has 32 heavy (non-hydrogen) atoms. The smallest absolute Gasteiger partial charge is 0.411 e. The molecule has 8 nitrogen and oxygen atoms in total. The van der Waals surface area contributed by atoms with E-state index in [0.29, 0.717) is 19.3 Å². The molecule has 0 heterocycles. The predicted octanol–water partition coefficient (Wildman–Crippen LogP) is 4.27. The van der Waals surface area contributed by atoms with Crippen molar-refractivity contribution in [1.82, 2.24) is 10.2 Å². The summed E-state index contributed by atoms with van der Waals surface area (Å²) >= 11 is 0. The van der Waals surface area contributed by atoms with Gasteiger partial charge in [-0.2, -0.15) is 0 Å². The molecule has 8 heteroatoms. The number of amides is 2. The van der Waals surface area contributed by atoms with Crippen LogP contribution in [0, 0.1) is 5.92 Å². The van der Waals surface area contributed by atoms with Crippen LogP contribution < -0.4 is 5.32 Å². The van der Waals surface area contributed by atoms with Crippen molar-refractivity contribution in [3.8, 4) is 0 Å². The van der Waals surface area contributed by atoms with Gasteiger partial charge in [-0.1, -0.05) is 44.2 Å². The molecule has 0 aliphatic heterocycles. The Morgan fingerprint density at radius 1 is 1.12 bits per heavy atom. The summed E-state index contributed by atoms with van der Waals surface area (Å²) in [4.78, 5) is 39.4. The molecule has 0 aromatic heterocycles. The van der Waals surface area contributed by atoms with Gasteiger partial charge in [0.1, 0.15) is 18.2 Å². The molecule has 0 bridgehead atoms. The van der Waals surface area contributed by atoms with Gasteiger partial charge in [0.05, 0.1) is 12.6 Å². The van der Waals surface area contributed by atoms with E-state index in [-0.39, 0.29) is 19.1 Å².